The highest BCUT2D eigenvalue weighted by atomic mass is 16.5. The van der Waals surface area contributed by atoms with E-state index in [2.05, 4.69) is 17.1 Å². The molecule has 1 heterocycles. The highest BCUT2D eigenvalue weighted by molar-refractivity contribution is 6.00. The molecule has 0 radical (unpaired) electrons. The summed E-state index contributed by atoms with van der Waals surface area (Å²) in [7, 11) is 0. The van der Waals surface area contributed by atoms with Crippen LogP contribution in [0.5, 0.6) is 0 Å². The standard InChI is InChI=1S/C20H28N2O4/c1-3-22-11-15-10-20(12-22,9-8-18(15)24)13-26-19(25)16-6-4-5-7-17(16)21-14(2)23/h4-7,15,18,24H,3,8-13H2,1-2H3,(H,21,23)/t15-,18-,20-/m0/s1. The number of nitrogens with one attached hydrogen (secondary N) is 1. The van der Waals surface area contributed by atoms with E-state index in [4.69, 9.17) is 4.74 Å². The van der Waals surface area contributed by atoms with Crippen LogP contribution in [0.1, 0.15) is 43.5 Å². The van der Waals surface area contributed by atoms with Crippen LogP contribution in [-0.2, 0) is 9.53 Å². The minimum atomic E-state index is -0.417. The van der Waals surface area contributed by atoms with Crippen molar-refractivity contribution >= 4 is 17.6 Å². The number of fused-ring (bicyclic) bond motifs is 2. The average Bonchev–Trinajstić information content (AvgIpc) is 2.63. The van der Waals surface area contributed by atoms with E-state index in [1.54, 1.807) is 24.3 Å². The number of nitrogens with zero attached hydrogens (tertiary/aromatic N) is 1. The Morgan fingerprint density at radius 1 is 1.38 bits per heavy atom. The number of benzene rings is 1. The van der Waals surface area contributed by atoms with E-state index in [0.29, 0.717) is 17.9 Å². The number of para-hydroxylation sites is 1. The molecule has 1 aliphatic heterocycles. The third kappa shape index (κ3) is 4.07. The zero-order valence-corrected chi connectivity index (χ0v) is 15.5. The number of hydrogen-bond donors (Lipinski definition) is 2. The summed E-state index contributed by atoms with van der Waals surface area (Å²) in [6.07, 6.45) is 2.27. The summed E-state index contributed by atoms with van der Waals surface area (Å²) in [5.74, 6) is -0.387. The second-order valence-electron chi connectivity index (χ2n) is 7.70. The van der Waals surface area contributed by atoms with E-state index in [0.717, 1.165) is 38.9 Å². The number of hydrogen-bond acceptors (Lipinski definition) is 5. The third-order valence-electron chi connectivity index (χ3n) is 5.68. The van der Waals surface area contributed by atoms with Gasteiger partial charge in [0.05, 0.1) is 24.0 Å². The quantitative estimate of drug-likeness (QED) is 0.788. The van der Waals surface area contributed by atoms with Crippen LogP contribution < -0.4 is 5.32 Å². The fourth-order valence-corrected chi connectivity index (χ4v) is 4.36. The molecule has 142 valence electrons. The lowest BCUT2D eigenvalue weighted by Gasteiger charge is -2.50. The Labute approximate surface area is 154 Å². The molecule has 0 spiro atoms. The van der Waals surface area contributed by atoms with Crippen molar-refractivity contribution < 1.29 is 19.4 Å². The average molecular weight is 360 g/mol. The monoisotopic (exact) mass is 360 g/mol. The van der Waals surface area contributed by atoms with Crippen LogP contribution in [0.4, 0.5) is 5.69 Å². The van der Waals surface area contributed by atoms with Gasteiger partial charge in [-0.25, -0.2) is 4.79 Å². The summed E-state index contributed by atoms with van der Waals surface area (Å²) < 4.78 is 5.70. The van der Waals surface area contributed by atoms with Crippen LogP contribution in [-0.4, -0.2) is 54.2 Å². The van der Waals surface area contributed by atoms with Crippen LogP contribution >= 0.6 is 0 Å². The van der Waals surface area contributed by atoms with Crippen molar-refractivity contribution in [3.63, 3.8) is 0 Å². The van der Waals surface area contributed by atoms with E-state index in [1.165, 1.54) is 6.92 Å². The number of aliphatic hydroxyl groups is 1. The number of likely N-dealkylation sites (tertiary alicyclic amines) is 1. The zero-order chi connectivity index (χ0) is 18.7. The summed E-state index contributed by atoms with van der Waals surface area (Å²) in [5, 5.41) is 12.9. The van der Waals surface area contributed by atoms with Gasteiger partial charge in [-0.1, -0.05) is 19.1 Å². The molecule has 1 aromatic rings. The number of anilines is 1. The number of rotatable bonds is 5. The Hall–Kier alpha value is -1.92. The number of amides is 1. The molecule has 26 heavy (non-hydrogen) atoms. The third-order valence-corrected chi connectivity index (χ3v) is 5.68. The van der Waals surface area contributed by atoms with E-state index >= 15 is 0 Å². The van der Waals surface area contributed by atoms with Crippen molar-refractivity contribution in [2.75, 3.05) is 31.6 Å². The number of esters is 1. The molecule has 2 fully saturated rings. The second kappa shape index (κ2) is 7.76. The van der Waals surface area contributed by atoms with Crippen LogP contribution in [0.25, 0.3) is 0 Å². The lowest BCUT2D eigenvalue weighted by atomic mass is 9.66. The second-order valence-corrected chi connectivity index (χ2v) is 7.70. The first-order chi connectivity index (χ1) is 12.4. The van der Waals surface area contributed by atoms with Crippen molar-refractivity contribution in [2.45, 2.75) is 39.2 Å². The molecule has 3 rings (SSSR count). The van der Waals surface area contributed by atoms with Gasteiger partial charge in [0.1, 0.15) is 0 Å². The van der Waals surface area contributed by atoms with Gasteiger partial charge in [0.15, 0.2) is 0 Å². The predicted octanol–water partition coefficient (Wildman–Crippen LogP) is 2.28. The Morgan fingerprint density at radius 2 is 2.15 bits per heavy atom. The molecular formula is C20H28N2O4. The van der Waals surface area contributed by atoms with E-state index < -0.39 is 5.97 Å². The largest absolute Gasteiger partial charge is 0.461 e. The summed E-state index contributed by atoms with van der Waals surface area (Å²) >= 11 is 0. The normalized spacial score (nSPS) is 28.4. The number of carbonyl (C=O) groups is 2. The van der Waals surface area contributed by atoms with Gasteiger partial charge in [0.2, 0.25) is 5.91 Å². The number of carbonyl (C=O) groups excluding carboxylic acids is 2. The van der Waals surface area contributed by atoms with E-state index in [1.807, 2.05) is 0 Å². The molecule has 6 nitrogen and oxygen atoms in total. The minimum Gasteiger partial charge on any atom is -0.461 e. The molecule has 0 aromatic heterocycles. The highest BCUT2D eigenvalue weighted by Gasteiger charge is 2.46. The lowest BCUT2D eigenvalue weighted by molar-refractivity contribution is -0.114. The summed E-state index contributed by atoms with van der Waals surface area (Å²) in [4.78, 5) is 26.3. The SMILES string of the molecule is CCN1C[C@@H]2C[C@@](COC(=O)c3ccccc3NC(C)=O)(CC[C@@H]2O)C1. The molecule has 2 bridgehead atoms. The van der Waals surface area contributed by atoms with Gasteiger partial charge in [-0.3, -0.25) is 4.79 Å². The molecule has 3 atom stereocenters. The highest BCUT2D eigenvalue weighted by Crippen LogP contribution is 2.44. The van der Waals surface area contributed by atoms with Crippen molar-refractivity contribution in [3.8, 4) is 0 Å². The maximum atomic E-state index is 12.6. The van der Waals surface area contributed by atoms with Crippen LogP contribution in [0.3, 0.4) is 0 Å². The van der Waals surface area contributed by atoms with E-state index in [9.17, 15) is 14.7 Å². The van der Waals surface area contributed by atoms with Gasteiger partial charge in [0.25, 0.3) is 0 Å². The topological polar surface area (TPSA) is 78.9 Å². The molecule has 1 saturated heterocycles. The Morgan fingerprint density at radius 3 is 2.88 bits per heavy atom. The van der Waals surface area contributed by atoms with E-state index in [-0.39, 0.29) is 23.3 Å². The van der Waals surface area contributed by atoms with Crippen molar-refractivity contribution in [1.82, 2.24) is 4.90 Å². The van der Waals surface area contributed by atoms with Crippen LogP contribution in [0.2, 0.25) is 0 Å². The Kier molecular flexibility index (Phi) is 5.63. The maximum absolute atomic E-state index is 12.6. The summed E-state index contributed by atoms with van der Waals surface area (Å²) in [5.41, 5.74) is 0.754. The maximum Gasteiger partial charge on any atom is 0.340 e. The van der Waals surface area contributed by atoms with Crippen molar-refractivity contribution in [1.29, 1.82) is 0 Å². The van der Waals surface area contributed by atoms with Gasteiger partial charge in [-0.2, -0.15) is 0 Å². The molecule has 6 heteroatoms. The first kappa shape index (κ1) is 18.9. The first-order valence-corrected chi connectivity index (χ1v) is 9.36. The molecule has 1 saturated carbocycles. The molecule has 1 aromatic carbocycles. The molecule has 1 aliphatic carbocycles. The number of aliphatic hydroxyl groups excluding tert-OH is 1. The molecule has 2 aliphatic rings. The lowest BCUT2D eigenvalue weighted by Crippen LogP contribution is -2.55. The van der Waals surface area contributed by atoms with Gasteiger partial charge in [0, 0.05) is 25.4 Å². The number of piperidine rings is 1. The molecule has 0 unspecified atom stereocenters. The molecule has 2 N–H and O–H groups in total. The van der Waals surface area contributed by atoms with Gasteiger partial charge in [-0.05, 0) is 43.9 Å². The first-order valence-electron chi connectivity index (χ1n) is 9.36. The minimum absolute atomic E-state index is 0.0865. The predicted molar refractivity (Wildman–Crippen MR) is 98.9 cm³/mol. The fraction of sp³-hybridized carbons (Fsp3) is 0.600. The van der Waals surface area contributed by atoms with Gasteiger partial charge >= 0.3 is 5.97 Å². The van der Waals surface area contributed by atoms with Crippen molar-refractivity contribution in [2.24, 2.45) is 11.3 Å². The summed E-state index contributed by atoms with van der Waals surface area (Å²) in [6, 6.07) is 6.89. The number of ether oxygens (including phenoxy) is 1. The van der Waals surface area contributed by atoms with Crippen LogP contribution in [0, 0.1) is 11.3 Å². The van der Waals surface area contributed by atoms with Crippen LogP contribution in [0.15, 0.2) is 24.3 Å². The smallest absolute Gasteiger partial charge is 0.340 e. The Balaban J connectivity index is 1.70. The van der Waals surface area contributed by atoms with Gasteiger partial charge < -0.3 is 20.1 Å². The van der Waals surface area contributed by atoms with Gasteiger partial charge in [-0.15, -0.1) is 0 Å². The van der Waals surface area contributed by atoms with Crippen molar-refractivity contribution in [3.05, 3.63) is 29.8 Å². The Bertz CT molecular complexity index is 674. The summed E-state index contributed by atoms with van der Waals surface area (Å²) in [6.45, 7) is 6.63. The molecular weight excluding hydrogens is 332 g/mol. The molecule has 1 amide bonds. The zero-order valence-electron chi connectivity index (χ0n) is 15.5. The fourth-order valence-electron chi connectivity index (χ4n) is 4.36.